The molecule has 2 N–H and O–H groups in total. The Morgan fingerprint density at radius 1 is 1.56 bits per heavy atom. The molecule has 0 radical (unpaired) electrons. The van der Waals surface area contributed by atoms with Crippen molar-refractivity contribution in [2.45, 2.75) is 30.1 Å². The van der Waals surface area contributed by atoms with E-state index in [1.807, 2.05) is 0 Å². The Hall–Kier alpha value is -0.560. The second-order valence-electron chi connectivity index (χ2n) is 4.72. The SMILES string of the molecule is CSC1(CNC(=O)N2CSC[C@H]2C(=O)O)CCC1. The highest BCUT2D eigenvalue weighted by Crippen LogP contribution is 2.42. The summed E-state index contributed by atoms with van der Waals surface area (Å²) in [4.78, 5) is 24.4. The summed E-state index contributed by atoms with van der Waals surface area (Å²) in [5, 5.41) is 11.9. The number of carboxylic acids is 1. The van der Waals surface area contributed by atoms with Crippen molar-refractivity contribution in [3.05, 3.63) is 0 Å². The summed E-state index contributed by atoms with van der Waals surface area (Å²) in [7, 11) is 0. The van der Waals surface area contributed by atoms with Gasteiger partial charge in [-0.25, -0.2) is 9.59 Å². The Morgan fingerprint density at radius 3 is 2.78 bits per heavy atom. The number of carbonyl (C=O) groups excluding carboxylic acids is 1. The van der Waals surface area contributed by atoms with Gasteiger partial charge in [0.2, 0.25) is 0 Å². The molecule has 18 heavy (non-hydrogen) atoms. The average Bonchev–Trinajstić information content (AvgIpc) is 2.76. The number of nitrogens with zero attached hydrogens (tertiary/aromatic N) is 1. The lowest BCUT2D eigenvalue weighted by Gasteiger charge is -2.40. The van der Waals surface area contributed by atoms with Crippen LogP contribution in [0.1, 0.15) is 19.3 Å². The molecular formula is C11H18N2O3S2. The van der Waals surface area contributed by atoms with Crippen LogP contribution in [0.3, 0.4) is 0 Å². The number of thioether (sulfide) groups is 2. The minimum absolute atomic E-state index is 0.182. The van der Waals surface area contributed by atoms with Crippen LogP contribution in [0.2, 0.25) is 0 Å². The molecule has 0 bridgehead atoms. The Balaban J connectivity index is 1.86. The zero-order chi connectivity index (χ0) is 13.2. The molecule has 2 fully saturated rings. The minimum Gasteiger partial charge on any atom is -0.480 e. The second-order valence-corrected chi connectivity index (χ2v) is 7.00. The molecule has 0 aromatic heterocycles. The summed E-state index contributed by atoms with van der Waals surface area (Å²) in [5.74, 6) is 0.0317. The van der Waals surface area contributed by atoms with Gasteiger partial charge in [0.15, 0.2) is 0 Å². The fourth-order valence-corrected chi connectivity index (χ4v) is 4.27. The maximum absolute atomic E-state index is 12.0. The topological polar surface area (TPSA) is 69.6 Å². The van der Waals surface area contributed by atoms with Crippen LogP contribution in [0.5, 0.6) is 0 Å². The van der Waals surface area contributed by atoms with Gasteiger partial charge in [-0.2, -0.15) is 11.8 Å². The van der Waals surface area contributed by atoms with E-state index in [0.717, 1.165) is 12.8 Å². The first-order valence-corrected chi connectivity index (χ1v) is 8.36. The Morgan fingerprint density at radius 2 is 2.28 bits per heavy atom. The lowest BCUT2D eigenvalue weighted by molar-refractivity contribution is -0.140. The monoisotopic (exact) mass is 290 g/mol. The predicted octanol–water partition coefficient (Wildman–Crippen LogP) is 1.44. The van der Waals surface area contributed by atoms with Crippen LogP contribution >= 0.6 is 23.5 Å². The normalized spacial score (nSPS) is 25.6. The van der Waals surface area contributed by atoms with Gasteiger partial charge in [0.1, 0.15) is 6.04 Å². The smallest absolute Gasteiger partial charge is 0.327 e. The third-order valence-electron chi connectivity index (χ3n) is 3.69. The molecule has 7 heteroatoms. The number of rotatable bonds is 4. The lowest BCUT2D eigenvalue weighted by atomic mass is 9.84. The van der Waals surface area contributed by atoms with Gasteiger partial charge in [0, 0.05) is 17.0 Å². The third-order valence-corrected chi connectivity index (χ3v) is 6.12. The number of urea groups is 1. The largest absolute Gasteiger partial charge is 0.480 e. The number of nitrogens with one attached hydrogen (secondary N) is 1. The van der Waals surface area contributed by atoms with E-state index < -0.39 is 12.0 Å². The standard InChI is InChI=1S/C11H18N2O3S2/c1-17-11(3-2-4-11)6-12-10(16)13-7-18-5-8(13)9(14)15/h8H,2-7H2,1H3,(H,12,16)(H,14,15)/t8-/m0/s1. The van der Waals surface area contributed by atoms with Crippen LogP contribution in [-0.2, 0) is 4.79 Å². The maximum Gasteiger partial charge on any atom is 0.327 e. The zero-order valence-electron chi connectivity index (χ0n) is 10.3. The maximum atomic E-state index is 12.0. The predicted molar refractivity (Wildman–Crippen MR) is 74.1 cm³/mol. The molecule has 1 aliphatic carbocycles. The molecule has 2 amide bonds. The molecule has 102 valence electrons. The van der Waals surface area contributed by atoms with Gasteiger partial charge in [-0.1, -0.05) is 6.42 Å². The van der Waals surface area contributed by atoms with Crippen molar-refractivity contribution >= 4 is 35.5 Å². The molecule has 1 aliphatic heterocycles. The third kappa shape index (κ3) is 2.71. The first-order chi connectivity index (χ1) is 8.58. The van der Waals surface area contributed by atoms with E-state index >= 15 is 0 Å². The van der Waals surface area contributed by atoms with Crippen LogP contribution in [0.4, 0.5) is 4.79 Å². The molecule has 0 aromatic rings. The summed E-state index contributed by atoms with van der Waals surface area (Å²) < 4.78 is 0.182. The lowest BCUT2D eigenvalue weighted by Crippen LogP contribution is -2.52. The van der Waals surface area contributed by atoms with Crippen LogP contribution in [0.15, 0.2) is 0 Å². The summed E-state index contributed by atoms with van der Waals surface area (Å²) in [6.07, 6.45) is 5.54. The number of aliphatic carboxylic acids is 1. The van der Waals surface area contributed by atoms with E-state index in [1.165, 1.54) is 23.1 Å². The fourth-order valence-electron chi connectivity index (χ4n) is 2.21. The minimum atomic E-state index is -0.918. The molecule has 1 saturated carbocycles. The van der Waals surface area contributed by atoms with E-state index in [9.17, 15) is 9.59 Å². The molecule has 2 aliphatic rings. The molecule has 2 rings (SSSR count). The Kier molecular flexibility index (Phi) is 4.32. The van der Waals surface area contributed by atoms with Crippen molar-refractivity contribution in [1.29, 1.82) is 0 Å². The highest BCUT2D eigenvalue weighted by molar-refractivity contribution is 8.00. The van der Waals surface area contributed by atoms with E-state index in [4.69, 9.17) is 5.11 Å². The molecule has 5 nitrogen and oxygen atoms in total. The molecule has 0 spiro atoms. The Labute approximate surface area is 115 Å². The van der Waals surface area contributed by atoms with Gasteiger partial charge < -0.3 is 15.3 Å². The molecule has 1 saturated heterocycles. The summed E-state index contributed by atoms with van der Waals surface area (Å²) in [6.45, 7) is 0.639. The number of carbonyl (C=O) groups is 2. The van der Waals surface area contributed by atoms with Crippen LogP contribution in [0, 0.1) is 0 Å². The first kappa shape index (κ1) is 13.9. The first-order valence-electron chi connectivity index (χ1n) is 5.98. The summed E-state index contributed by atoms with van der Waals surface area (Å²) in [5.41, 5.74) is 0. The fraction of sp³-hybridized carbons (Fsp3) is 0.818. The van der Waals surface area contributed by atoms with Crippen molar-refractivity contribution in [2.24, 2.45) is 0 Å². The number of amides is 2. The van der Waals surface area contributed by atoms with Crippen molar-refractivity contribution in [2.75, 3.05) is 24.4 Å². The van der Waals surface area contributed by atoms with Gasteiger partial charge in [0.05, 0.1) is 5.88 Å². The molecule has 0 unspecified atom stereocenters. The van der Waals surface area contributed by atoms with Gasteiger partial charge in [0.25, 0.3) is 0 Å². The van der Waals surface area contributed by atoms with Gasteiger partial charge in [-0.3, -0.25) is 0 Å². The van der Waals surface area contributed by atoms with Gasteiger partial charge >= 0.3 is 12.0 Å². The van der Waals surface area contributed by atoms with Gasteiger partial charge in [-0.05, 0) is 19.1 Å². The highest BCUT2D eigenvalue weighted by Gasteiger charge is 2.39. The summed E-state index contributed by atoms with van der Waals surface area (Å²) in [6, 6.07) is -0.922. The van der Waals surface area contributed by atoms with E-state index in [0.29, 0.717) is 18.2 Å². The van der Waals surface area contributed by atoms with Crippen molar-refractivity contribution in [3.63, 3.8) is 0 Å². The number of carboxylic acid groups (broad SMARTS) is 1. The average molecular weight is 290 g/mol. The number of hydrogen-bond acceptors (Lipinski definition) is 4. The summed E-state index contributed by atoms with van der Waals surface area (Å²) >= 11 is 3.28. The highest BCUT2D eigenvalue weighted by atomic mass is 32.2. The van der Waals surface area contributed by atoms with E-state index in [2.05, 4.69) is 11.6 Å². The van der Waals surface area contributed by atoms with Crippen molar-refractivity contribution in [1.82, 2.24) is 10.2 Å². The molecule has 0 aromatic carbocycles. The van der Waals surface area contributed by atoms with Crippen LogP contribution in [0.25, 0.3) is 0 Å². The van der Waals surface area contributed by atoms with E-state index in [-0.39, 0.29) is 10.8 Å². The van der Waals surface area contributed by atoms with Crippen LogP contribution in [-0.4, -0.2) is 57.2 Å². The molecular weight excluding hydrogens is 272 g/mol. The van der Waals surface area contributed by atoms with Gasteiger partial charge in [-0.15, -0.1) is 11.8 Å². The number of hydrogen-bond donors (Lipinski definition) is 2. The Bertz CT molecular complexity index is 342. The zero-order valence-corrected chi connectivity index (χ0v) is 12.0. The second kappa shape index (κ2) is 5.61. The quantitative estimate of drug-likeness (QED) is 0.820. The molecule has 1 atom stereocenters. The van der Waals surface area contributed by atoms with E-state index in [1.54, 1.807) is 11.8 Å². The van der Waals surface area contributed by atoms with Crippen LogP contribution < -0.4 is 5.32 Å². The van der Waals surface area contributed by atoms with Crippen molar-refractivity contribution < 1.29 is 14.7 Å². The van der Waals surface area contributed by atoms with Crippen molar-refractivity contribution in [3.8, 4) is 0 Å². The molecule has 1 heterocycles.